The minimum Gasteiger partial charge on any atom is -0.493 e. The third-order valence-corrected chi connectivity index (χ3v) is 4.55. The molecule has 2 aromatic rings. The molecule has 2 rings (SSSR count). The minimum absolute atomic E-state index is 0.256. The van der Waals surface area contributed by atoms with Gasteiger partial charge in [-0.25, -0.2) is 0 Å². The highest BCUT2D eigenvalue weighted by atomic mass is 16.5. The summed E-state index contributed by atoms with van der Waals surface area (Å²) in [5, 5.41) is 0. The first kappa shape index (κ1) is 27.6. The van der Waals surface area contributed by atoms with Crippen molar-refractivity contribution in [2.45, 2.75) is 6.42 Å². The Morgan fingerprint density at radius 2 is 1.11 bits per heavy atom. The highest BCUT2D eigenvalue weighted by Gasteiger charge is 2.08. The van der Waals surface area contributed by atoms with Gasteiger partial charge in [0.2, 0.25) is 0 Å². The van der Waals surface area contributed by atoms with Crippen LogP contribution in [0.3, 0.4) is 0 Å². The van der Waals surface area contributed by atoms with Crippen LogP contribution in [0.2, 0.25) is 0 Å². The average Bonchev–Trinajstić information content (AvgIpc) is 2.87. The predicted molar refractivity (Wildman–Crippen MR) is 136 cm³/mol. The quantitative estimate of drug-likeness (QED) is 0.240. The lowest BCUT2D eigenvalue weighted by Crippen LogP contribution is -2.13. The topological polar surface area (TPSA) is 149 Å². The number of ether oxygens (including phenoxy) is 4. The van der Waals surface area contributed by atoms with Crippen LogP contribution < -0.4 is 36.1 Å². The number of hydrogen-bond donors (Lipinski definition) is 3. The summed E-state index contributed by atoms with van der Waals surface area (Å²) < 4.78 is 22.0. The zero-order valence-electron chi connectivity index (χ0n) is 19.9. The van der Waals surface area contributed by atoms with Crippen LogP contribution in [0.1, 0.15) is 17.5 Å². The normalized spacial score (nSPS) is 11.1. The van der Waals surface area contributed by atoms with Crippen LogP contribution in [0.25, 0.3) is 12.2 Å². The Hall–Kier alpha value is -3.66. The SMILES string of the molecule is COc1ccc(/C=C/C(=O)CC(=O)/C=C/c2ccc(OCCN)c(OCCN)c2)cc1OCCN. The van der Waals surface area contributed by atoms with Crippen LogP contribution >= 0.6 is 0 Å². The molecule has 9 heteroatoms. The summed E-state index contributed by atoms with van der Waals surface area (Å²) in [6.45, 7) is 2.10. The van der Waals surface area contributed by atoms with Crippen molar-refractivity contribution >= 4 is 23.7 Å². The third kappa shape index (κ3) is 9.62. The number of rotatable bonds is 16. The van der Waals surface area contributed by atoms with E-state index in [9.17, 15) is 9.59 Å². The molecule has 0 radical (unpaired) electrons. The molecular weight excluding hydrogens is 450 g/mol. The standard InChI is InChI=1S/C26H33N3O6/c1-32-23-8-4-19(16-25(23)34-14-11-28)2-6-21(30)18-22(31)7-3-20-5-9-24(33-13-10-27)26(17-20)35-15-12-29/h2-9,16-17H,10-15,18,27-29H2,1H3/b6-2+,7-3+. The van der Waals surface area contributed by atoms with Gasteiger partial charge in [-0.2, -0.15) is 0 Å². The molecule has 0 heterocycles. The first-order valence-electron chi connectivity index (χ1n) is 11.2. The fraction of sp³-hybridized carbons (Fsp3) is 0.308. The van der Waals surface area contributed by atoms with E-state index in [2.05, 4.69) is 0 Å². The van der Waals surface area contributed by atoms with Crippen LogP contribution in [-0.2, 0) is 9.59 Å². The molecule has 0 unspecified atom stereocenters. The summed E-state index contributed by atoms with van der Waals surface area (Å²) in [6.07, 6.45) is 5.71. The molecule has 0 spiro atoms. The first-order chi connectivity index (χ1) is 17.0. The Balaban J connectivity index is 1.99. The van der Waals surface area contributed by atoms with Crippen molar-refractivity contribution in [1.29, 1.82) is 0 Å². The van der Waals surface area contributed by atoms with Gasteiger partial charge in [-0.3, -0.25) is 9.59 Å². The molecule has 9 nitrogen and oxygen atoms in total. The van der Waals surface area contributed by atoms with E-state index in [1.165, 1.54) is 12.2 Å². The molecule has 0 aromatic heterocycles. The number of benzene rings is 2. The van der Waals surface area contributed by atoms with Crippen molar-refractivity contribution in [2.75, 3.05) is 46.6 Å². The van der Waals surface area contributed by atoms with Gasteiger partial charge in [0.25, 0.3) is 0 Å². The molecular formula is C26H33N3O6. The maximum Gasteiger partial charge on any atom is 0.163 e. The number of hydrogen-bond acceptors (Lipinski definition) is 9. The molecule has 0 aliphatic rings. The van der Waals surface area contributed by atoms with Crippen molar-refractivity contribution in [3.05, 3.63) is 59.7 Å². The van der Waals surface area contributed by atoms with E-state index >= 15 is 0 Å². The average molecular weight is 484 g/mol. The molecule has 0 bridgehead atoms. The van der Waals surface area contributed by atoms with Crippen molar-refractivity contribution in [3.8, 4) is 23.0 Å². The summed E-state index contributed by atoms with van der Waals surface area (Å²) in [7, 11) is 1.54. The maximum absolute atomic E-state index is 12.3. The summed E-state index contributed by atoms with van der Waals surface area (Å²) in [5.74, 6) is 1.50. The second-order valence-electron chi connectivity index (χ2n) is 7.30. The molecule has 0 aliphatic carbocycles. The number of carbonyl (C=O) groups excluding carboxylic acids is 2. The van der Waals surface area contributed by atoms with Crippen LogP contribution in [-0.4, -0.2) is 58.1 Å². The zero-order valence-corrected chi connectivity index (χ0v) is 19.9. The highest BCUT2D eigenvalue weighted by molar-refractivity contribution is 6.10. The largest absolute Gasteiger partial charge is 0.493 e. The monoisotopic (exact) mass is 483 g/mol. The van der Waals surface area contributed by atoms with E-state index in [1.807, 2.05) is 0 Å². The summed E-state index contributed by atoms with van der Waals surface area (Å²) >= 11 is 0. The Morgan fingerprint density at radius 1 is 0.686 bits per heavy atom. The van der Waals surface area contributed by atoms with E-state index in [0.717, 1.165) is 11.1 Å². The number of ketones is 2. The highest BCUT2D eigenvalue weighted by Crippen LogP contribution is 2.29. The molecule has 188 valence electrons. The molecule has 0 atom stereocenters. The van der Waals surface area contributed by atoms with Crippen LogP contribution in [0.15, 0.2) is 48.6 Å². The van der Waals surface area contributed by atoms with E-state index in [1.54, 1.807) is 55.7 Å². The Kier molecular flexibility index (Phi) is 12.0. The summed E-state index contributed by atoms with van der Waals surface area (Å²) in [5.41, 5.74) is 17.9. The molecule has 0 saturated carbocycles. The number of allylic oxidation sites excluding steroid dienone is 2. The Labute approximate surface area is 205 Å². The van der Waals surface area contributed by atoms with E-state index in [-0.39, 0.29) is 18.0 Å². The molecule has 2 aromatic carbocycles. The first-order valence-corrected chi connectivity index (χ1v) is 11.2. The smallest absolute Gasteiger partial charge is 0.163 e. The Morgan fingerprint density at radius 3 is 1.57 bits per heavy atom. The van der Waals surface area contributed by atoms with Crippen molar-refractivity contribution in [3.63, 3.8) is 0 Å². The number of nitrogens with two attached hydrogens (primary N) is 3. The van der Waals surface area contributed by atoms with Gasteiger partial charge in [0.1, 0.15) is 19.8 Å². The molecule has 6 N–H and O–H groups in total. The van der Waals surface area contributed by atoms with Gasteiger partial charge in [0.15, 0.2) is 34.6 Å². The summed E-state index contributed by atoms with van der Waals surface area (Å²) in [6, 6.07) is 10.5. The Bertz CT molecular complexity index is 1040. The number of methoxy groups -OCH3 is 1. The molecule has 0 fully saturated rings. The van der Waals surface area contributed by atoms with Gasteiger partial charge in [-0.15, -0.1) is 0 Å². The lowest BCUT2D eigenvalue weighted by atomic mass is 10.1. The zero-order chi connectivity index (χ0) is 25.5. The lowest BCUT2D eigenvalue weighted by Gasteiger charge is -2.12. The van der Waals surface area contributed by atoms with Gasteiger partial charge in [-0.05, 0) is 47.5 Å². The molecule has 35 heavy (non-hydrogen) atoms. The van der Waals surface area contributed by atoms with Crippen molar-refractivity contribution in [2.24, 2.45) is 17.2 Å². The minimum atomic E-state index is -0.325. The molecule has 0 aliphatic heterocycles. The second-order valence-corrected chi connectivity index (χ2v) is 7.30. The van der Waals surface area contributed by atoms with Gasteiger partial charge in [0.05, 0.1) is 13.5 Å². The van der Waals surface area contributed by atoms with Crippen molar-refractivity contribution in [1.82, 2.24) is 0 Å². The van der Waals surface area contributed by atoms with E-state index in [4.69, 9.17) is 36.1 Å². The van der Waals surface area contributed by atoms with Crippen LogP contribution in [0.5, 0.6) is 23.0 Å². The fourth-order valence-electron chi connectivity index (χ4n) is 2.94. The fourth-order valence-corrected chi connectivity index (χ4v) is 2.94. The van der Waals surface area contributed by atoms with Gasteiger partial charge < -0.3 is 36.1 Å². The third-order valence-electron chi connectivity index (χ3n) is 4.55. The van der Waals surface area contributed by atoms with Gasteiger partial charge in [-0.1, -0.05) is 24.3 Å². The lowest BCUT2D eigenvalue weighted by molar-refractivity contribution is -0.121. The number of carbonyl (C=O) groups is 2. The maximum atomic E-state index is 12.3. The van der Waals surface area contributed by atoms with Gasteiger partial charge >= 0.3 is 0 Å². The van der Waals surface area contributed by atoms with Gasteiger partial charge in [0, 0.05) is 19.6 Å². The van der Waals surface area contributed by atoms with Crippen LogP contribution in [0.4, 0.5) is 0 Å². The van der Waals surface area contributed by atoms with Crippen molar-refractivity contribution < 1.29 is 28.5 Å². The van der Waals surface area contributed by atoms with E-state index < -0.39 is 0 Å². The molecule has 0 amide bonds. The second kappa shape index (κ2) is 15.3. The van der Waals surface area contributed by atoms with E-state index in [0.29, 0.717) is 62.5 Å². The van der Waals surface area contributed by atoms with Crippen LogP contribution in [0, 0.1) is 0 Å². The predicted octanol–water partition coefficient (Wildman–Crippen LogP) is 1.96. The molecule has 0 saturated heterocycles. The summed E-state index contributed by atoms with van der Waals surface area (Å²) in [4.78, 5) is 24.5.